The van der Waals surface area contributed by atoms with E-state index in [1.165, 1.54) is 0 Å². The van der Waals surface area contributed by atoms with Gasteiger partial charge in [0.15, 0.2) is 0 Å². The topological polar surface area (TPSA) is 114 Å². The Hall–Kier alpha value is -2.48. The zero-order valence-corrected chi connectivity index (χ0v) is 17.5. The number of nitrogens with one attached hydrogen (secondary N) is 1. The molecule has 0 bridgehead atoms. The molecule has 0 spiro atoms. The van der Waals surface area contributed by atoms with Crippen LogP contribution in [0.3, 0.4) is 0 Å². The van der Waals surface area contributed by atoms with E-state index in [0.717, 1.165) is 23.1 Å². The highest BCUT2D eigenvalue weighted by atomic mass is 35.5. The van der Waals surface area contributed by atoms with Crippen LogP contribution in [0.2, 0.25) is 5.02 Å². The van der Waals surface area contributed by atoms with Gasteiger partial charge in [0.1, 0.15) is 11.6 Å². The maximum Gasteiger partial charge on any atom is 0.249 e. The molecule has 0 radical (unpaired) electrons. The molecule has 0 saturated carbocycles. The fourth-order valence-corrected chi connectivity index (χ4v) is 4.69. The molecular formula is C22H26ClN5O2. The minimum absolute atomic E-state index is 0.188. The van der Waals surface area contributed by atoms with Gasteiger partial charge in [-0.15, -0.1) is 0 Å². The van der Waals surface area contributed by atoms with Crippen molar-refractivity contribution in [3.63, 3.8) is 0 Å². The Morgan fingerprint density at radius 1 is 1.30 bits per heavy atom. The standard InChI is InChI=1S/C22H26ClN5O2/c23-17-6-5-15(12-24)16(11-17)13-27-20(29)18-4-2-10-28(18)21(30)22(25)8-7-14-3-1-9-26-19(14)22/h1,3,5-6,9,11,18H,2,4,7-8,10,12-13,24-25H2,(H,27,29)/t18-,22+/m0/s1. The number of hydrogen-bond acceptors (Lipinski definition) is 5. The second kappa shape index (κ2) is 8.34. The molecule has 1 saturated heterocycles. The number of amides is 2. The third kappa shape index (κ3) is 3.69. The van der Waals surface area contributed by atoms with Gasteiger partial charge in [0.2, 0.25) is 11.8 Å². The van der Waals surface area contributed by atoms with Crippen molar-refractivity contribution in [3.05, 3.63) is 63.9 Å². The molecule has 0 unspecified atom stereocenters. The summed E-state index contributed by atoms with van der Waals surface area (Å²) in [6.07, 6.45) is 4.26. The van der Waals surface area contributed by atoms with E-state index in [4.69, 9.17) is 23.1 Å². The monoisotopic (exact) mass is 427 g/mol. The van der Waals surface area contributed by atoms with Crippen molar-refractivity contribution in [2.24, 2.45) is 11.5 Å². The first-order valence-corrected chi connectivity index (χ1v) is 10.6. The lowest BCUT2D eigenvalue weighted by atomic mass is 9.95. The van der Waals surface area contributed by atoms with Crippen molar-refractivity contribution < 1.29 is 9.59 Å². The van der Waals surface area contributed by atoms with E-state index in [1.54, 1.807) is 23.2 Å². The van der Waals surface area contributed by atoms with Crippen molar-refractivity contribution in [3.8, 4) is 0 Å². The molecule has 4 rings (SSSR count). The van der Waals surface area contributed by atoms with Crippen LogP contribution in [0, 0.1) is 0 Å². The molecule has 30 heavy (non-hydrogen) atoms. The predicted molar refractivity (Wildman–Crippen MR) is 114 cm³/mol. The van der Waals surface area contributed by atoms with Crippen LogP contribution in [-0.2, 0) is 34.6 Å². The Kier molecular flexibility index (Phi) is 5.77. The fraction of sp³-hybridized carbons (Fsp3) is 0.409. The number of benzene rings is 1. The second-order valence-corrected chi connectivity index (χ2v) is 8.41. The number of aryl methyl sites for hydroxylation is 1. The third-order valence-electron chi connectivity index (χ3n) is 6.14. The summed E-state index contributed by atoms with van der Waals surface area (Å²) in [6, 6.07) is 8.72. The Balaban J connectivity index is 1.48. The van der Waals surface area contributed by atoms with Crippen molar-refractivity contribution >= 4 is 23.4 Å². The predicted octanol–water partition coefficient (Wildman–Crippen LogP) is 1.60. The molecule has 158 valence electrons. The highest BCUT2D eigenvalue weighted by molar-refractivity contribution is 6.30. The molecule has 1 aromatic heterocycles. The van der Waals surface area contributed by atoms with Crippen LogP contribution in [0.15, 0.2) is 36.5 Å². The highest BCUT2D eigenvalue weighted by Crippen LogP contribution is 2.36. The number of carbonyl (C=O) groups is 2. The van der Waals surface area contributed by atoms with Gasteiger partial charge in [0.25, 0.3) is 0 Å². The normalized spacial score (nSPS) is 22.8. The van der Waals surface area contributed by atoms with Crippen LogP contribution < -0.4 is 16.8 Å². The maximum atomic E-state index is 13.4. The number of halogens is 1. The molecule has 2 aliphatic rings. The average Bonchev–Trinajstić information content (AvgIpc) is 3.38. The van der Waals surface area contributed by atoms with Crippen molar-refractivity contribution in [2.45, 2.75) is 50.4 Å². The highest BCUT2D eigenvalue weighted by Gasteiger charge is 2.48. The van der Waals surface area contributed by atoms with Crippen molar-refractivity contribution in [1.82, 2.24) is 15.2 Å². The van der Waals surface area contributed by atoms with Crippen LogP contribution in [0.25, 0.3) is 0 Å². The van der Waals surface area contributed by atoms with Crippen LogP contribution in [0.1, 0.15) is 41.6 Å². The zero-order valence-electron chi connectivity index (χ0n) is 16.7. The maximum absolute atomic E-state index is 13.4. The summed E-state index contributed by atoms with van der Waals surface area (Å²) in [6.45, 7) is 1.18. The molecule has 1 aliphatic carbocycles. The van der Waals surface area contributed by atoms with Gasteiger partial charge < -0.3 is 21.7 Å². The Labute approximate surface area is 180 Å². The Bertz CT molecular complexity index is 982. The number of nitrogens with two attached hydrogens (primary N) is 2. The quantitative estimate of drug-likeness (QED) is 0.670. The minimum Gasteiger partial charge on any atom is -0.350 e. The second-order valence-electron chi connectivity index (χ2n) is 7.97. The fourth-order valence-electron chi connectivity index (χ4n) is 4.50. The SMILES string of the molecule is NCc1ccc(Cl)cc1CNC(=O)[C@@H]1CCCN1C(=O)[C@@]1(N)CCc2cccnc21. The molecule has 1 fully saturated rings. The summed E-state index contributed by atoms with van der Waals surface area (Å²) < 4.78 is 0. The van der Waals surface area contributed by atoms with Gasteiger partial charge in [-0.2, -0.15) is 0 Å². The van der Waals surface area contributed by atoms with E-state index in [9.17, 15) is 9.59 Å². The summed E-state index contributed by atoms with van der Waals surface area (Å²) >= 11 is 6.08. The smallest absolute Gasteiger partial charge is 0.249 e. The molecule has 2 atom stereocenters. The number of hydrogen-bond donors (Lipinski definition) is 3. The number of rotatable bonds is 5. The van der Waals surface area contributed by atoms with E-state index in [0.29, 0.717) is 49.6 Å². The van der Waals surface area contributed by atoms with E-state index in [-0.39, 0.29) is 11.8 Å². The van der Waals surface area contributed by atoms with Crippen LogP contribution in [-0.4, -0.2) is 34.3 Å². The molecule has 1 aliphatic heterocycles. The van der Waals surface area contributed by atoms with Crippen molar-refractivity contribution in [1.29, 1.82) is 0 Å². The molecule has 2 amide bonds. The molecule has 2 heterocycles. The average molecular weight is 428 g/mol. The van der Waals surface area contributed by atoms with Gasteiger partial charge >= 0.3 is 0 Å². The van der Waals surface area contributed by atoms with Gasteiger partial charge in [0, 0.05) is 30.9 Å². The van der Waals surface area contributed by atoms with Crippen LogP contribution in [0.5, 0.6) is 0 Å². The number of likely N-dealkylation sites (tertiary alicyclic amines) is 1. The van der Waals surface area contributed by atoms with Gasteiger partial charge in [-0.05, 0) is 60.6 Å². The number of aromatic nitrogens is 1. The zero-order chi connectivity index (χ0) is 21.3. The third-order valence-corrected chi connectivity index (χ3v) is 6.38. The number of nitrogens with zero attached hydrogens (tertiary/aromatic N) is 2. The van der Waals surface area contributed by atoms with Crippen LogP contribution in [0.4, 0.5) is 0 Å². The largest absolute Gasteiger partial charge is 0.350 e. The van der Waals surface area contributed by atoms with E-state index in [2.05, 4.69) is 10.3 Å². The van der Waals surface area contributed by atoms with E-state index in [1.807, 2.05) is 18.2 Å². The molecule has 2 aromatic rings. The Morgan fingerprint density at radius 2 is 2.13 bits per heavy atom. The van der Waals surface area contributed by atoms with Gasteiger partial charge in [-0.3, -0.25) is 14.6 Å². The first kappa shape index (κ1) is 20.8. The summed E-state index contributed by atoms with van der Waals surface area (Å²) in [5.74, 6) is -0.408. The molecular weight excluding hydrogens is 402 g/mol. The number of pyridine rings is 1. The first-order valence-electron chi connectivity index (χ1n) is 10.2. The lowest BCUT2D eigenvalue weighted by Crippen LogP contribution is -2.56. The number of carbonyl (C=O) groups excluding carboxylic acids is 2. The van der Waals surface area contributed by atoms with Crippen LogP contribution >= 0.6 is 11.6 Å². The van der Waals surface area contributed by atoms with Gasteiger partial charge in [-0.25, -0.2) is 0 Å². The lowest BCUT2D eigenvalue weighted by molar-refractivity contribution is -0.143. The van der Waals surface area contributed by atoms with Crippen molar-refractivity contribution in [2.75, 3.05) is 6.54 Å². The van der Waals surface area contributed by atoms with E-state index >= 15 is 0 Å². The minimum atomic E-state index is -1.17. The molecule has 7 nitrogen and oxygen atoms in total. The van der Waals surface area contributed by atoms with E-state index < -0.39 is 11.6 Å². The summed E-state index contributed by atoms with van der Waals surface area (Å²) in [5.41, 5.74) is 14.6. The first-order chi connectivity index (χ1) is 14.4. The number of fused-ring (bicyclic) bond motifs is 1. The summed E-state index contributed by atoms with van der Waals surface area (Å²) in [7, 11) is 0. The summed E-state index contributed by atoms with van der Waals surface area (Å²) in [5, 5.41) is 3.54. The summed E-state index contributed by atoms with van der Waals surface area (Å²) in [4.78, 5) is 32.4. The Morgan fingerprint density at radius 3 is 2.93 bits per heavy atom. The molecule has 1 aromatic carbocycles. The molecule has 5 N–H and O–H groups in total. The molecule has 8 heteroatoms. The van der Waals surface area contributed by atoms with Gasteiger partial charge in [0.05, 0.1) is 5.69 Å². The lowest BCUT2D eigenvalue weighted by Gasteiger charge is -2.32. The van der Waals surface area contributed by atoms with Gasteiger partial charge in [-0.1, -0.05) is 23.7 Å².